The quantitative estimate of drug-likeness (QED) is 0.634. The number of benzene rings is 2. The molecule has 0 saturated carbocycles. The summed E-state index contributed by atoms with van der Waals surface area (Å²) in [6, 6.07) is 18.8. The number of hydrogen-bond acceptors (Lipinski definition) is 1. The van der Waals surface area contributed by atoms with Gasteiger partial charge in [0.05, 0.1) is 0 Å². The average molecular weight is 239 g/mol. The summed E-state index contributed by atoms with van der Waals surface area (Å²) in [7, 11) is 0. The monoisotopic (exact) mass is 239 g/mol. The van der Waals surface area contributed by atoms with Gasteiger partial charge in [-0.15, -0.1) is 0 Å². The molecule has 0 atom stereocenters. The fourth-order valence-electron chi connectivity index (χ4n) is 1.81. The van der Waals surface area contributed by atoms with Gasteiger partial charge in [-0.25, -0.2) is 0 Å². The Morgan fingerprint density at radius 2 is 1.44 bits per heavy atom. The molecule has 2 rings (SSSR count). The molecule has 0 heterocycles. The summed E-state index contributed by atoms with van der Waals surface area (Å²) in [5.74, 6) is 0.149. The minimum atomic E-state index is 0.149. The highest BCUT2D eigenvalue weighted by Gasteiger charge is 1.97. The van der Waals surface area contributed by atoms with E-state index in [0.29, 0.717) is 6.54 Å². The molecule has 0 aliphatic carbocycles. The minimum absolute atomic E-state index is 0.149. The summed E-state index contributed by atoms with van der Waals surface area (Å²) in [4.78, 5) is 3.97. The van der Waals surface area contributed by atoms with E-state index in [9.17, 15) is 0 Å². The third kappa shape index (κ3) is 3.35. The van der Waals surface area contributed by atoms with Gasteiger partial charge in [0, 0.05) is 6.54 Å². The Balaban J connectivity index is 2.04. The summed E-state index contributed by atoms with van der Waals surface area (Å²) >= 11 is 0. The molecule has 0 aliphatic rings. The van der Waals surface area contributed by atoms with E-state index in [1.54, 1.807) is 0 Å². The molecule has 0 spiro atoms. The second kappa shape index (κ2) is 5.87. The summed E-state index contributed by atoms with van der Waals surface area (Å²) in [5, 5.41) is 0. The summed E-state index contributed by atoms with van der Waals surface area (Å²) in [6.07, 6.45) is 0.854. The molecule has 4 N–H and O–H groups in total. The van der Waals surface area contributed by atoms with E-state index in [1.807, 2.05) is 18.2 Å². The Morgan fingerprint density at radius 3 is 2.06 bits per heavy atom. The third-order valence-electron chi connectivity index (χ3n) is 2.76. The molecule has 0 radical (unpaired) electrons. The minimum Gasteiger partial charge on any atom is -0.370 e. The van der Waals surface area contributed by atoms with Crippen molar-refractivity contribution in [2.24, 2.45) is 16.5 Å². The molecule has 0 amide bonds. The van der Waals surface area contributed by atoms with E-state index < -0.39 is 0 Å². The number of hydrogen-bond donors (Lipinski definition) is 2. The van der Waals surface area contributed by atoms with Gasteiger partial charge in [0.2, 0.25) is 0 Å². The Hall–Kier alpha value is -2.29. The van der Waals surface area contributed by atoms with Crippen LogP contribution in [0.25, 0.3) is 11.1 Å². The molecular formula is C15H17N3. The van der Waals surface area contributed by atoms with Crippen LogP contribution in [-0.4, -0.2) is 12.5 Å². The van der Waals surface area contributed by atoms with Crippen LogP contribution < -0.4 is 11.5 Å². The third-order valence-corrected chi connectivity index (χ3v) is 2.76. The van der Waals surface area contributed by atoms with Gasteiger partial charge in [-0.3, -0.25) is 4.99 Å². The van der Waals surface area contributed by atoms with Gasteiger partial charge in [0.15, 0.2) is 5.96 Å². The SMILES string of the molecule is NC(N)=NCCc1ccc(-c2ccccc2)cc1. The first-order valence-corrected chi connectivity index (χ1v) is 5.95. The van der Waals surface area contributed by atoms with Gasteiger partial charge in [-0.1, -0.05) is 54.6 Å². The van der Waals surface area contributed by atoms with Crippen LogP contribution in [0.4, 0.5) is 0 Å². The number of nitrogens with two attached hydrogens (primary N) is 2. The maximum atomic E-state index is 5.28. The van der Waals surface area contributed by atoms with Crippen LogP contribution in [0.1, 0.15) is 5.56 Å². The zero-order valence-electron chi connectivity index (χ0n) is 10.2. The number of nitrogens with zero attached hydrogens (tertiary/aromatic N) is 1. The van der Waals surface area contributed by atoms with E-state index in [2.05, 4.69) is 41.4 Å². The predicted octanol–water partition coefficient (Wildman–Crippen LogP) is 2.17. The van der Waals surface area contributed by atoms with Crippen molar-refractivity contribution in [3.8, 4) is 11.1 Å². The van der Waals surface area contributed by atoms with Gasteiger partial charge in [0.25, 0.3) is 0 Å². The van der Waals surface area contributed by atoms with Crippen LogP contribution in [0.5, 0.6) is 0 Å². The molecule has 2 aromatic carbocycles. The average Bonchev–Trinajstić information content (AvgIpc) is 2.40. The maximum absolute atomic E-state index is 5.28. The van der Waals surface area contributed by atoms with Crippen molar-refractivity contribution < 1.29 is 0 Å². The van der Waals surface area contributed by atoms with Crippen LogP contribution in [0, 0.1) is 0 Å². The summed E-state index contributed by atoms with van der Waals surface area (Å²) in [5.41, 5.74) is 14.3. The topological polar surface area (TPSA) is 64.4 Å². The molecule has 0 bridgehead atoms. The fourth-order valence-corrected chi connectivity index (χ4v) is 1.81. The van der Waals surface area contributed by atoms with Gasteiger partial charge in [-0.2, -0.15) is 0 Å². The summed E-state index contributed by atoms with van der Waals surface area (Å²) in [6.45, 7) is 0.632. The number of guanidine groups is 1. The van der Waals surface area contributed by atoms with Crippen molar-refractivity contribution in [1.29, 1.82) is 0 Å². The van der Waals surface area contributed by atoms with Crippen molar-refractivity contribution in [2.45, 2.75) is 6.42 Å². The standard InChI is InChI=1S/C15H17N3/c16-15(17)18-11-10-12-6-8-14(9-7-12)13-4-2-1-3-5-13/h1-9H,10-11H2,(H4,16,17,18). The lowest BCUT2D eigenvalue weighted by Crippen LogP contribution is -2.23. The van der Waals surface area contributed by atoms with Crippen molar-refractivity contribution in [2.75, 3.05) is 6.54 Å². The van der Waals surface area contributed by atoms with Crippen molar-refractivity contribution in [3.05, 3.63) is 60.2 Å². The number of aliphatic imine (C=N–C) groups is 1. The van der Waals surface area contributed by atoms with Crippen LogP contribution in [0.3, 0.4) is 0 Å². The fraction of sp³-hybridized carbons (Fsp3) is 0.133. The highest BCUT2D eigenvalue weighted by atomic mass is 15.0. The van der Waals surface area contributed by atoms with Gasteiger partial charge in [0.1, 0.15) is 0 Å². The molecule has 0 unspecified atom stereocenters. The highest BCUT2D eigenvalue weighted by molar-refractivity contribution is 5.75. The van der Waals surface area contributed by atoms with Crippen molar-refractivity contribution >= 4 is 5.96 Å². The lowest BCUT2D eigenvalue weighted by molar-refractivity contribution is 0.962. The van der Waals surface area contributed by atoms with E-state index in [-0.39, 0.29) is 5.96 Å². The Labute approximate surface area is 107 Å². The Bertz CT molecular complexity index is 511. The molecule has 0 fully saturated rings. The largest absolute Gasteiger partial charge is 0.370 e. The Morgan fingerprint density at radius 1 is 0.833 bits per heavy atom. The predicted molar refractivity (Wildman–Crippen MR) is 76.3 cm³/mol. The van der Waals surface area contributed by atoms with Crippen molar-refractivity contribution in [3.63, 3.8) is 0 Å². The molecule has 3 nitrogen and oxygen atoms in total. The lowest BCUT2D eigenvalue weighted by atomic mass is 10.0. The van der Waals surface area contributed by atoms with E-state index >= 15 is 0 Å². The first kappa shape index (κ1) is 12.2. The highest BCUT2D eigenvalue weighted by Crippen LogP contribution is 2.19. The molecule has 2 aromatic rings. The zero-order chi connectivity index (χ0) is 12.8. The van der Waals surface area contributed by atoms with E-state index in [1.165, 1.54) is 16.7 Å². The second-order valence-corrected chi connectivity index (χ2v) is 4.12. The van der Waals surface area contributed by atoms with Crippen LogP contribution >= 0.6 is 0 Å². The molecule has 0 aliphatic heterocycles. The molecule has 18 heavy (non-hydrogen) atoms. The normalized spacial score (nSPS) is 10.0. The van der Waals surface area contributed by atoms with E-state index in [0.717, 1.165) is 6.42 Å². The van der Waals surface area contributed by atoms with Crippen LogP contribution in [0.15, 0.2) is 59.6 Å². The lowest BCUT2D eigenvalue weighted by Gasteiger charge is -2.03. The first-order chi connectivity index (χ1) is 8.75. The van der Waals surface area contributed by atoms with E-state index in [4.69, 9.17) is 11.5 Å². The maximum Gasteiger partial charge on any atom is 0.185 e. The molecule has 0 aromatic heterocycles. The van der Waals surface area contributed by atoms with Crippen LogP contribution in [0.2, 0.25) is 0 Å². The van der Waals surface area contributed by atoms with Gasteiger partial charge in [-0.05, 0) is 23.1 Å². The molecular weight excluding hydrogens is 222 g/mol. The van der Waals surface area contributed by atoms with Gasteiger partial charge < -0.3 is 11.5 Å². The second-order valence-electron chi connectivity index (χ2n) is 4.12. The van der Waals surface area contributed by atoms with Crippen molar-refractivity contribution in [1.82, 2.24) is 0 Å². The first-order valence-electron chi connectivity index (χ1n) is 5.95. The summed E-state index contributed by atoms with van der Waals surface area (Å²) < 4.78 is 0. The van der Waals surface area contributed by atoms with Gasteiger partial charge >= 0.3 is 0 Å². The van der Waals surface area contributed by atoms with Crippen LogP contribution in [-0.2, 0) is 6.42 Å². The number of rotatable bonds is 4. The smallest absolute Gasteiger partial charge is 0.185 e. The zero-order valence-corrected chi connectivity index (χ0v) is 10.2. The molecule has 3 heteroatoms. The Kier molecular flexibility index (Phi) is 3.97. The molecule has 92 valence electrons. The molecule has 0 saturated heterocycles.